The number of esters is 1. The second kappa shape index (κ2) is 9.47. The maximum absolute atomic E-state index is 12.9. The second-order valence-electron chi connectivity index (χ2n) is 8.31. The highest BCUT2D eigenvalue weighted by Gasteiger charge is 2.25. The number of ether oxygens (including phenoxy) is 1. The van der Waals surface area contributed by atoms with E-state index in [9.17, 15) is 14.4 Å². The molecule has 0 unspecified atom stereocenters. The van der Waals surface area contributed by atoms with E-state index in [1.165, 1.54) is 17.3 Å². The molecule has 0 atom stereocenters. The van der Waals surface area contributed by atoms with E-state index in [-0.39, 0.29) is 24.1 Å². The van der Waals surface area contributed by atoms with Gasteiger partial charge in [-0.1, -0.05) is 51.1 Å². The Balaban J connectivity index is 1.65. The molecular weight excluding hydrogens is 398 g/mol. The fourth-order valence-corrected chi connectivity index (χ4v) is 4.11. The van der Waals surface area contributed by atoms with Gasteiger partial charge in [0.05, 0.1) is 11.3 Å². The molecule has 0 saturated carbocycles. The summed E-state index contributed by atoms with van der Waals surface area (Å²) in [4.78, 5) is 40.0. The third-order valence-electron chi connectivity index (χ3n) is 5.04. The van der Waals surface area contributed by atoms with Crippen LogP contribution >= 0.6 is 11.8 Å². The van der Waals surface area contributed by atoms with Gasteiger partial charge in [0, 0.05) is 22.5 Å². The summed E-state index contributed by atoms with van der Waals surface area (Å²) >= 11 is 1.31. The lowest BCUT2D eigenvalue weighted by Crippen LogP contribution is -2.36. The van der Waals surface area contributed by atoms with Gasteiger partial charge in [0.2, 0.25) is 5.91 Å². The number of aryl methyl sites for hydroxylation is 1. The lowest BCUT2D eigenvalue weighted by Gasteiger charge is -2.29. The summed E-state index contributed by atoms with van der Waals surface area (Å²) in [6.07, 6.45) is 1.92. The van der Waals surface area contributed by atoms with Crippen molar-refractivity contribution in [1.29, 1.82) is 0 Å². The molecule has 1 heterocycles. The number of benzene rings is 2. The number of carbonyl (C=O) groups excluding carboxylic acids is 3. The molecule has 2 aromatic carbocycles. The summed E-state index contributed by atoms with van der Waals surface area (Å²) in [7, 11) is 0. The Bertz CT molecular complexity index is 948. The van der Waals surface area contributed by atoms with Gasteiger partial charge in [-0.2, -0.15) is 0 Å². The molecule has 0 aromatic heterocycles. The van der Waals surface area contributed by atoms with Crippen molar-refractivity contribution in [3.8, 4) is 0 Å². The molecule has 158 valence electrons. The second-order valence-corrected chi connectivity index (χ2v) is 9.33. The van der Waals surface area contributed by atoms with E-state index in [0.717, 1.165) is 18.5 Å². The number of carbonyl (C=O) groups is 3. The lowest BCUT2D eigenvalue weighted by atomic mass is 9.91. The molecule has 6 heteroatoms. The maximum atomic E-state index is 12.9. The first-order valence-electron chi connectivity index (χ1n) is 10.1. The Morgan fingerprint density at radius 3 is 2.50 bits per heavy atom. The molecule has 0 aliphatic carbocycles. The number of amides is 1. The SMILES string of the molecule is CC(C)(C)C(=O)COC(=O)c1ccccc1SCC(=O)N1CCCc2ccccc21. The minimum atomic E-state index is -0.564. The summed E-state index contributed by atoms with van der Waals surface area (Å²) in [5, 5.41) is 0. The third-order valence-corrected chi connectivity index (χ3v) is 6.10. The lowest BCUT2D eigenvalue weighted by molar-refractivity contribution is -0.129. The normalized spacial score (nSPS) is 13.5. The van der Waals surface area contributed by atoms with Crippen LogP contribution in [-0.2, 0) is 20.7 Å². The van der Waals surface area contributed by atoms with Crippen LogP contribution in [0.3, 0.4) is 0 Å². The molecule has 1 aliphatic heterocycles. The van der Waals surface area contributed by atoms with Gasteiger partial charge in [-0.25, -0.2) is 4.79 Å². The number of hydrogen-bond acceptors (Lipinski definition) is 5. The van der Waals surface area contributed by atoms with Gasteiger partial charge in [0.25, 0.3) is 0 Å². The number of nitrogens with zero attached hydrogens (tertiary/aromatic N) is 1. The Morgan fingerprint density at radius 2 is 1.73 bits per heavy atom. The van der Waals surface area contributed by atoms with Crippen molar-refractivity contribution in [2.24, 2.45) is 5.41 Å². The molecular formula is C24H27NO4S. The van der Waals surface area contributed by atoms with Crippen LogP contribution in [0, 0.1) is 5.41 Å². The Labute approximate surface area is 181 Å². The predicted octanol–water partition coefficient (Wildman–Crippen LogP) is 4.53. The summed E-state index contributed by atoms with van der Waals surface area (Å²) in [6, 6.07) is 15.0. The van der Waals surface area contributed by atoms with E-state index in [2.05, 4.69) is 6.07 Å². The standard InChI is InChI=1S/C24H27NO4S/c1-24(2,3)21(26)15-29-23(28)18-11-5-7-13-20(18)30-16-22(27)25-14-8-10-17-9-4-6-12-19(17)25/h4-7,9,11-13H,8,10,14-16H2,1-3H3. The molecule has 5 nitrogen and oxygen atoms in total. The van der Waals surface area contributed by atoms with Crippen LogP contribution in [0.5, 0.6) is 0 Å². The molecule has 0 bridgehead atoms. The average Bonchev–Trinajstić information content (AvgIpc) is 2.74. The molecule has 1 aliphatic rings. The molecule has 0 spiro atoms. The molecule has 3 rings (SSSR count). The zero-order valence-corrected chi connectivity index (χ0v) is 18.5. The quantitative estimate of drug-likeness (QED) is 0.503. The van der Waals surface area contributed by atoms with E-state index < -0.39 is 11.4 Å². The first kappa shape index (κ1) is 22.1. The van der Waals surface area contributed by atoms with Gasteiger partial charge < -0.3 is 9.64 Å². The van der Waals surface area contributed by atoms with Gasteiger partial charge in [0.1, 0.15) is 0 Å². The van der Waals surface area contributed by atoms with Crippen molar-refractivity contribution in [3.63, 3.8) is 0 Å². The van der Waals surface area contributed by atoms with Crippen LogP contribution in [0.1, 0.15) is 43.1 Å². The van der Waals surface area contributed by atoms with Crippen molar-refractivity contribution < 1.29 is 19.1 Å². The predicted molar refractivity (Wildman–Crippen MR) is 119 cm³/mol. The van der Waals surface area contributed by atoms with Crippen molar-refractivity contribution in [1.82, 2.24) is 0 Å². The van der Waals surface area contributed by atoms with Gasteiger partial charge in [-0.15, -0.1) is 11.8 Å². The van der Waals surface area contributed by atoms with Crippen LogP contribution in [-0.4, -0.2) is 36.6 Å². The van der Waals surface area contributed by atoms with E-state index in [1.54, 1.807) is 39.0 Å². The van der Waals surface area contributed by atoms with Crippen molar-refractivity contribution in [2.75, 3.05) is 23.8 Å². The molecule has 0 saturated heterocycles. The maximum Gasteiger partial charge on any atom is 0.339 e. The first-order valence-corrected chi connectivity index (χ1v) is 11.1. The summed E-state index contributed by atoms with van der Waals surface area (Å²) in [5.41, 5.74) is 1.97. The van der Waals surface area contributed by atoms with Gasteiger partial charge in [-0.05, 0) is 36.6 Å². The monoisotopic (exact) mass is 425 g/mol. The van der Waals surface area contributed by atoms with Crippen LogP contribution in [0.25, 0.3) is 0 Å². The third kappa shape index (κ3) is 5.30. The van der Waals surface area contributed by atoms with Gasteiger partial charge in [-0.3, -0.25) is 9.59 Å². The molecule has 30 heavy (non-hydrogen) atoms. The van der Waals surface area contributed by atoms with Crippen molar-refractivity contribution in [2.45, 2.75) is 38.5 Å². The number of ketones is 1. The molecule has 2 aromatic rings. The van der Waals surface area contributed by atoms with E-state index >= 15 is 0 Å². The molecule has 0 fully saturated rings. The average molecular weight is 426 g/mol. The van der Waals surface area contributed by atoms with Gasteiger partial charge >= 0.3 is 5.97 Å². The fraction of sp³-hybridized carbons (Fsp3) is 0.375. The van der Waals surface area contributed by atoms with Crippen LogP contribution in [0.4, 0.5) is 5.69 Å². The largest absolute Gasteiger partial charge is 0.454 e. The number of rotatable bonds is 6. The summed E-state index contributed by atoms with van der Waals surface area (Å²) < 4.78 is 5.23. The number of Topliss-reactive ketones (excluding diaryl/α,β-unsaturated/α-hetero) is 1. The zero-order chi connectivity index (χ0) is 21.7. The zero-order valence-electron chi connectivity index (χ0n) is 17.6. The number of anilines is 1. The number of hydrogen-bond donors (Lipinski definition) is 0. The Morgan fingerprint density at radius 1 is 1.03 bits per heavy atom. The van der Waals surface area contributed by atoms with E-state index in [4.69, 9.17) is 4.74 Å². The number of para-hydroxylation sites is 1. The summed E-state index contributed by atoms with van der Waals surface area (Å²) in [6.45, 7) is 5.81. The first-order chi connectivity index (χ1) is 14.3. The Kier molecular flexibility index (Phi) is 6.98. The van der Waals surface area contributed by atoms with Crippen LogP contribution < -0.4 is 4.90 Å². The van der Waals surface area contributed by atoms with Crippen LogP contribution in [0.15, 0.2) is 53.4 Å². The summed E-state index contributed by atoms with van der Waals surface area (Å²) in [5.74, 6) is -0.454. The Hall–Kier alpha value is -2.60. The molecule has 0 N–H and O–H groups in total. The minimum Gasteiger partial charge on any atom is -0.454 e. The van der Waals surface area contributed by atoms with Gasteiger partial charge in [0.15, 0.2) is 12.4 Å². The highest BCUT2D eigenvalue weighted by molar-refractivity contribution is 8.00. The smallest absolute Gasteiger partial charge is 0.339 e. The van der Waals surface area contributed by atoms with Crippen molar-refractivity contribution >= 4 is 35.1 Å². The van der Waals surface area contributed by atoms with Crippen molar-refractivity contribution in [3.05, 3.63) is 59.7 Å². The topological polar surface area (TPSA) is 63.7 Å². The van der Waals surface area contributed by atoms with E-state index in [0.29, 0.717) is 17.0 Å². The number of fused-ring (bicyclic) bond motifs is 1. The highest BCUT2D eigenvalue weighted by atomic mass is 32.2. The van der Waals surface area contributed by atoms with E-state index in [1.807, 2.05) is 29.2 Å². The van der Waals surface area contributed by atoms with Crippen LogP contribution in [0.2, 0.25) is 0 Å². The fourth-order valence-electron chi connectivity index (χ4n) is 3.20. The molecule has 1 amide bonds. The number of thioether (sulfide) groups is 1. The minimum absolute atomic E-state index is 0.0123. The highest BCUT2D eigenvalue weighted by Crippen LogP contribution is 2.29. The molecule has 0 radical (unpaired) electrons.